The molecule has 1 aliphatic heterocycles. The van der Waals surface area contributed by atoms with Gasteiger partial charge < -0.3 is 4.90 Å². The van der Waals surface area contributed by atoms with Crippen molar-refractivity contribution in [2.75, 3.05) is 19.8 Å². The van der Waals surface area contributed by atoms with Gasteiger partial charge in [-0.25, -0.2) is 0 Å². The normalized spacial score (nSPS) is 26.4. The number of nitrogens with one attached hydrogen (secondary N) is 1. The van der Waals surface area contributed by atoms with E-state index in [0.29, 0.717) is 12.5 Å². The zero-order chi connectivity index (χ0) is 8.55. The van der Waals surface area contributed by atoms with Crippen molar-refractivity contribution in [3.05, 3.63) is 0 Å². The molecule has 0 aromatic heterocycles. The van der Waals surface area contributed by atoms with Crippen LogP contribution < -0.4 is 5.32 Å². The summed E-state index contributed by atoms with van der Waals surface area (Å²) in [6.45, 7) is 4.51. The number of rotatable bonds is 3. The van der Waals surface area contributed by atoms with E-state index in [4.69, 9.17) is 0 Å². The van der Waals surface area contributed by atoms with Crippen molar-refractivity contribution < 1.29 is 4.79 Å². The van der Waals surface area contributed by atoms with Gasteiger partial charge in [0.15, 0.2) is 0 Å². The molecule has 0 aromatic carbocycles. The van der Waals surface area contributed by atoms with Crippen LogP contribution in [0.1, 0.15) is 19.8 Å². The van der Waals surface area contributed by atoms with Gasteiger partial charge in [0.25, 0.3) is 0 Å². The first kappa shape index (κ1) is 8.05. The Labute approximate surface area is 73.1 Å². The molecule has 12 heavy (non-hydrogen) atoms. The molecular weight excluding hydrogens is 152 g/mol. The van der Waals surface area contributed by atoms with Crippen molar-refractivity contribution >= 4 is 5.91 Å². The quantitative estimate of drug-likeness (QED) is 0.662. The Bertz CT molecular complexity index is 189. The molecule has 1 heterocycles. The Balaban J connectivity index is 1.80. The summed E-state index contributed by atoms with van der Waals surface area (Å²) in [5.41, 5.74) is 0. The third kappa shape index (κ3) is 1.61. The largest absolute Gasteiger partial charge is 0.329 e. The first-order chi connectivity index (χ1) is 5.77. The van der Waals surface area contributed by atoms with Gasteiger partial charge in [0.2, 0.25) is 5.91 Å². The van der Waals surface area contributed by atoms with Crippen molar-refractivity contribution in [3.63, 3.8) is 0 Å². The molecule has 2 fully saturated rings. The first-order valence-corrected chi connectivity index (χ1v) is 4.76. The fraction of sp³-hybridized carbons (Fsp3) is 0.889. The number of carbonyl (C=O) groups excluding carboxylic acids is 1. The molecule has 3 heteroatoms. The molecule has 0 aromatic rings. The maximum Gasteiger partial charge on any atom is 0.237 e. The van der Waals surface area contributed by atoms with Crippen LogP contribution in [0.25, 0.3) is 0 Å². The lowest BCUT2D eigenvalue weighted by Crippen LogP contribution is -2.31. The molecule has 1 N–H and O–H groups in total. The Hall–Kier alpha value is -0.570. The van der Waals surface area contributed by atoms with Gasteiger partial charge in [-0.2, -0.15) is 0 Å². The summed E-state index contributed by atoms with van der Waals surface area (Å²) in [5, 5.41) is 3.06. The highest BCUT2D eigenvalue weighted by molar-refractivity contribution is 5.79. The van der Waals surface area contributed by atoms with Gasteiger partial charge in [-0.3, -0.25) is 10.1 Å². The molecular formula is C9H16N2O. The van der Waals surface area contributed by atoms with E-state index in [1.807, 2.05) is 4.90 Å². The minimum Gasteiger partial charge on any atom is -0.329 e. The van der Waals surface area contributed by atoms with E-state index >= 15 is 0 Å². The van der Waals surface area contributed by atoms with Gasteiger partial charge >= 0.3 is 0 Å². The van der Waals surface area contributed by atoms with E-state index in [9.17, 15) is 4.79 Å². The van der Waals surface area contributed by atoms with Crippen molar-refractivity contribution in [1.29, 1.82) is 0 Å². The fourth-order valence-corrected chi connectivity index (χ4v) is 1.83. The zero-order valence-corrected chi connectivity index (χ0v) is 7.55. The predicted octanol–water partition coefficient (Wildman–Crippen LogP) is 0.422. The van der Waals surface area contributed by atoms with Crippen LogP contribution in [-0.2, 0) is 4.79 Å². The Kier molecular flexibility index (Phi) is 2.05. The molecule has 68 valence electrons. The topological polar surface area (TPSA) is 32.3 Å². The van der Waals surface area contributed by atoms with E-state index in [2.05, 4.69) is 12.2 Å². The number of carbonyl (C=O) groups is 1. The monoisotopic (exact) mass is 168 g/mol. The third-order valence-corrected chi connectivity index (χ3v) is 2.87. The third-order valence-electron chi connectivity index (χ3n) is 2.87. The lowest BCUT2D eigenvalue weighted by atomic mass is 10.1. The van der Waals surface area contributed by atoms with E-state index < -0.39 is 0 Å². The van der Waals surface area contributed by atoms with E-state index in [1.54, 1.807) is 0 Å². The van der Waals surface area contributed by atoms with Crippen molar-refractivity contribution in [2.24, 2.45) is 11.8 Å². The van der Waals surface area contributed by atoms with Gasteiger partial charge in [-0.1, -0.05) is 6.92 Å². The molecule has 1 unspecified atom stereocenters. The maximum atomic E-state index is 11.2. The van der Waals surface area contributed by atoms with Crippen LogP contribution in [0.3, 0.4) is 0 Å². The first-order valence-electron chi connectivity index (χ1n) is 4.76. The van der Waals surface area contributed by atoms with Crippen molar-refractivity contribution in [3.8, 4) is 0 Å². The summed E-state index contributed by atoms with van der Waals surface area (Å²) >= 11 is 0. The van der Waals surface area contributed by atoms with Gasteiger partial charge in [0.05, 0.1) is 13.2 Å². The lowest BCUT2D eigenvalue weighted by molar-refractivity contribution is -0.127. The van der Waals surface area contributed by atoms with E-state index in [-0.39, 0.29) is 5.91 Å². The minimum absolute atomic E-state index is 0.266. The molecule has 1 saturated heterocycles. The standard InChI is InChI=1S/C9H16N2O/c1-7(8-2-3-8)5-11-6-10-4-9(11)12/h7-8,10H,2-6H2,1H3. The second-order valence-corrected chi connectivity index (χ2v) is 4.02. The van der Waals surface area contributed by atoms with Crippen LogP contribution in [0.4, 0.5) is 0 Å². The summed E-state index contributed by atoms with van der Waals surface area (Å²) in [6.07, 6.45) is 2.74. The van der Waals surface area contributed by atoms with E-state index in [0.717, 1.165) is 19.1 Å². The Morgan fingerprint density at radius 1 is 1.67 bits per heavy atom. The number of hydrogen-bond donors (Lipinski definition) is 1. The highest BCUT2D eigenvalue weighted by Crippen LogP contribution is 2.36. The fourth-order valence-electron chi connectivity index (χ4n) is 1.83. The molecule has 0 spiro atoms. The highest BCUT2D eigenvalue weighted by Gasteiger charge is 2.31. The van der Waals surface area contributed by atoms with Crippen LogP contribution in [0.15, 0.2) is 0 Å². The molecule has 2 rings (SSSR count). The maximum absolute atomic E-state index is 11.2. The van der Waals surface area contributed by atoms with Crippen molar-refractivity contribution in [1.82, 2.24) is 10.2 Å². The Morgan fingerprint density at radius 3 is 2.92 bits per heavy atom. The molecule has 0 radical (unpaired) electrons. The second kappa shape index (κ2) is 3.05. The number of hydrogen-bond acceptors (Lipinski definition) is 2. The molecule has 0 bridgehead atoms. The summed E-state index contributed by atoms with van der Waals surface area (Å²) in [5.74, 6) is 1.87. The van der Waals surface area contributed by atoms with Crippen LogP contribution in [0.5, 0.6) is 0 Å². The van der Waals surface area contributed by atoms with Crippen LogP contribution >= 0.6 is 0 Å². The smallest absolute Gasteiger partial charge is 0.237 e. The van der Waals surface area contributed by atoms with Crippen LogP contribution in [0.2, 0.25) is 0 Å². The number of nitrogens with zero attached hydrogens (tertiary/aromatic N) is 1. The summed E-state index contributed by atoms with van der Waals surface area (Å²) in [6, 6.07) is 0. The molecule has 1 atom stereocenters. The van der Waals surface area contributed by atoms with Gasteiger partial charge in [-0.15, -0.1) is 0 Å². The molecule has 2 aliphatic rings. The highest BCUT2D eigenvalue weighted by atomic mass is 16.2. The average molecular weight is 168 g/mol. The molecule has 3 nitrogen and oxygen atoms in total. The summed E-state index contributed by atoms with van der Waals surface area (Å²) < 4.78 is 0. The number of amides is 1. The van der Waals surface area contributed by atoms with Crippen LogP contribution in [-0.4, -0.2) is 30.6 Å². The van der Waals surface area contributed by atoms with E-state index in [1.165, 1.54) is 12.8 Å². The molecule has 1 amide bonds. The average Bonchev–Trinajstić information content (AvgIpc) is 2.80. The summed E-state index contributed by atoms with van der Waals surface area (Å²) in [4.78, 5) is 13.1. The van der Waals surface area contributed by atoms with Crippen LogP contribution in [0, 0.1) is 11.8 Å². The van der Waals surface area contributed by atoms with Crippen molar-refractivity contribution in [2.45, 2.75) is 19.8 Å². The summed E-state index contributed by atoms with van der Waals surface area (Å²) in [7, 11) is 0. The van der Waals surface area contributed by atoms with Gasteiger partial charge in [-0.05, 0) is 24.7 Å². The zero-order valence-electron chi connectivity index (χ0n) is 7.55. The predicted molar refractivity (Wildman–Crippen MR) is 46.5 cm³/mol. The minimum atomic E-state index is 0.266. The molecule has 1 saturated carbocycles. The van der Waals surface area contributed by atoms with Gasteiger partial charge in [0.1, 0.15) is 0 Å². The molecule has 1 aliphatic carbocycles. The van der Waals surface area contributed by atoms with Gasteiger partial charge in [0, 0.05) is 6.54 Å². The lowest BCUT2D eigenvalue weighted by Gasteiger charge is -2.19. The SMILES string of the molecule is CC(CN1CNCC1=O)C1CC1. The second-order valence-electron chi connectivity index (χ2n) is 4.02. The Morgan fingerprint density at radius 2 is 2.42 bits per heavy atom.